The predicted octanol–water partition coefficient (Wildman–Crippen LogP) is 2.37. The van der Waals surface area contributed by atoms with Crippen molar-refractivity contribution in [1.29, 1.82) is 0 Å². The molecule has 0 radical (unpaired) electrons. The molecule has 0 amide bonds. The molecular formula is C15H21NO3. The maximum atomic E-state index is 12.2. The number of ether oxygens (including phenoxy) is 2. The third-order valence-corrected chi connectivity index (χ3v) is 3.17. The smallest absolute Gasteiger partial charge is 0.176 e. The van der Waals surface area contributed by atoms with E-state index in [9.17, 15) is 4.79 Å². The molecule has 0 saturated carbocycles. The fraction of sp³-hybridized carbons (Fsp3) is 0.533. The van der Waals surface area contributed by atoms with Crippen LogP contribution in [0, 0.1) is 0 Å². The number of benzene rings is 1. The molecule has 0 saturated heterocycles. The first-order valence-corrected chi connectivity index (χ1v) is 6.82. The van der Waals surface area contributed by atoms with Crippen LogP contribution in [0.3, 0.4) is 0 Å². The second-order valence-electron chi connectivity index (χ2n) is 4.87. The number of carbonyl (C=O) groups excluding carboxylic acids is 1. The van der Waals surface area contributed by atoms with Crippen molar-refractivity contribution in [3.8, 4) is 11.5 Å². The Labute approximate surface area is 114 Å². The number of unbranched alkanes of at least 4 members (excludes halogenated alkanes) is 1. The van der Waals surface area contributed by atoms with Gasteiger partial charge in [0.25, 0.3) is 0 Å². The summed E-state index contributed by atoms with van der Waals surface area (Å²) in [5.74, 6) is 1.52. The van der Waals surface area contributed by atoms with Crippen molar-refractivity contribution in [2.45, 2.75) is 19.8 Å². The van der Waals surface area contributed by atoms with E-state index in [0.717, 1.165) is 25.1 Å². The van der Waals surface area contributed by atoms with Crippen LogP contribution in [-0.2, 0) is 0 Å². The Hall–Kier alpha value is -1.55. The van der Waals surface area contributed by atoms with E-state index in [1.807, 2.05) is 19.2 Å². The Morgan fingerprint density at radius 2 is 2.00 bits per heavy atom. The van der Waals surface area contributed by atoms with Crippen LogP contribution in [0.4, 0.5) is 0 Å². The molecule has 1 aromatic carbocycles. The molecule has 104 valence electrons. The number of carbonyl (C=O) groups is 1. The van der Waals surface area contributed by atoms with Crippen molar-refractivity contribution >= 4 is 5.78 Å². The number of hydrogen-bond acceptors (Lipinski definition) is 4. The molecule has 1 heterocycles. The number of rotatable bonds is 6. The van der Waals surface area contributed by atoms with Crippen LogP contribution < -0.4 is 9.47 Å². The number of ketones is 1. The maximum absolute atomic E-state index is 12.2. The Kier molecular flexibility index (Phi) is 4.80. The Morgan fingerprint density at radius 1 is 1.26 bits per heavy atom. The fourth-order valence-corrected chi connectivity index (χ4v) is 2.06. The van der Waals surface area contributed by atoms with Crippen molar-refractivity contribution in [1.82, 2.24) is 4.90 Å². The molecule has 4 nitrogen and oxygen atoms in total. The molecule has 0 spiro atoms. The van der Waals surface area contributed by atoms with Crippen LogP contribution in [0.1, 0.15) is 30.1 Å². The molecule has 1 aliphatic rings. The van der Waals surface area contributed by atoms with Gasteiger partial charge in [0, 0.05) is 5.56 Å². The molecule has 0 unspecified atom stereocenters. The minimum absolute atomic E-state index is 0.121. The normalized spacial score (nSPS) is 13.6. The zero-order valence-corrected chi connectivity index (χ0v) is 11.6. The number of hydrogen-bond donors (Lipinski definition) is 0. The Morgan fingerprint density at radius 3 is 2.74 bits per heavy atom. The lowest BCUT2D eigenvalue weighted by molar-refractivity contribution is 0.0944. The summed E-state index contributed by atoms with van der Waals surface area (Å²) in [7, 11) is 1.98. The van der Waals surface area contributed by atoms with Crippen LogP contribution in [0.15, 0.2) is 18.2 Å². The van der Waals surface area contributed by atoms with Gasteiger partial charge >= 0.3 is 0 Å². The third kappa shape index (κ3) is 3.70. The van der Waals surface area contributed by atoms with Crippen LogP contribution in [0.25, 0.3) is 0 Å². The van der Waals surface area contributed by atoms with Gasteiger partial charge in [0.2, 0.25) is 0 Å². The van der Waals surface area contributed by atoms with Crippen LogP contribution in [-0.4, -0.2) is 44.0 Å². The average molecular weight is 263 g/mol. The summed E-state index contributed by atoms with van der Waals surface area (Å²) in [5, 5.41) is 0. The SMILES string of the molecule is CCCCN(C)CC(=O)c1ccc2c(c1)OCCO2. The monoisotopic (exact) mass is 263 g/mol. The second kappa shape index (κ2) is 6.57. The second-order valence-corrected chi connectivity index (χ2v) is 4.87. The molecule has 0 atom stereocenters. The van der Waals surface area contributed by atoms with Gasteiger partial charge in [-0.25, -0.2) is 0 Å². The summed E-state index contributed by atoms with van der Waals surface area (Å²) < 4.78 is 10.9. The zero-order valence-electron chi connectivity index (χ0n) is 11.6. The van der Waals surface area contributed by atoms with Gasteiger partial charge in [0.05, 0.1) is 6.54 Å². The number of fused-ring (bicyclic) bond motifs is 1. The van der Waals surface area contributed by atoms with Crippen molar-refractivity contribution in [3.63, 3.8) is 0 Å². The van der Waals surface area contributed by atoms with Crippen LogP contribution in [0.2, 0.25) is 0 Å². The van der Waals surface area contributed by atoms with E-state index in [0.29, 0.717) is 31.1 Å². The van der Waals surface area contributed by atoms with Gasteiger partial charge in [0.1, 0.15) is 13.2 Å². The van der Waals surface area contributed by atoms with E-state index >= 15 is 0 Å². The lowest BCUT2D eigenvalue weighted by atomic mass is 10.1. The predicted molar refractivity (Wildman–Crippen MR) is 74.2 cm³/mol. The summed E-state index contributed by atoms with van der Waals surface area (Å²) in [4.78, 5) is 14.2. The molecule has 0 fully saturated rings. The number of Topliss-reactive ketones (excluding diaryl/α,β-unsaturated/α-hetero) is 1. The van der Waals surface area contributed by atoms with Gasteiger partial charge in [-0.2, -0.15) is 0 Å². The van der Waals surface area contributed by atoms with E-state index in [4.69, 9.17) is 9.47 Å². The molecule has 0 N–H and O–H groups in total. The first kappa shape index (κ1) is 13.9. The molecular weight excluding hydrogens is 242 g/mol. The minimum Gasteiger partial charge on any atom is -0.486 e. The summed E-state index contributed by atoms with van der Waals surface area (Å²) >= 11 is 0. The van der Waals surface area contributed by atoms with Gasteiger partial charge in [-0.3, -0.25) is 9.69 Å². The summed E-state index contributed by atoms with van der Waals surface area (Å²) in [6, 6.07) is 5.40. The van der Waals surface area contributed by atoms with E-state index in [1.165, 1.54) is 0 Å². The molecule has 0 bridgehead atoms. The number of nitrogens with zero attached hydrogens (tertiary/aromatic N) is 1. The fourth-order valence-electron chi connectivity index (χ4n) is 2.06. The quantitative estimate of drug-likeness (QED) is 0.739. The molecule has 1 aliphatic heterocycles. The highest BCUT2D eigenvalue weighted by molar-refractivity contribution is 5.98. The van der Waals surface area contributed by atoms with Gasteiger partial charge < -0.3 is 9.47 Å². The third-order valence-electron chi connectivity index (χ3n) is 3.17. The lowest BCUT2D eigenvalue weighted by Gasteiger charge is -2.19. The van der Waals surface area contributed by atoms with E-state index < -0.39 is 0 Å². The largest absolute Gasteiger partial charge is 0.486 e. The Balaban J connectivity index is 1.99. The highest BCUT2D eigenvalue weighted by Crippen LogP contribution is 2.30. The van der Waals surface area contributed by atoms with E-state index in [1.54, 1.807) is 6.07 Å². The van der Waals surface area contributed by atoms with Crippen molar-refractivity contribution in [2.24, 2.45) is 0 Å². The zero-order chi connectivity index (χ0) is 13.7. The summed E-state index contributed by atoms with van der Waals surface area (Å²) in [5.41, 5.74) is 0.688. The van der Waals surface area contributed by atoms with Gasteiger partial charge in [-0.15, -0.1) is 0 Å². The first-order valence-electron chi connectivity index (χ1n) is 6.82. The van der Waals surface area contributed by atoms with Crippen LogP contribution in [0.5, 0.6) is 11.5 Å². The standard InChI is InChI=1S/C15H21NO3/c1-3-4-7-16(2)11-13(17)12-5-6-14-15(10-12)19-9-8-18-14/h5-6,10H,3-4,7-9,11H2,1-2H3. The van der Waals surface area contributed by atoms with Gasteiger partial charge in [-0.1, -0.05) is 13.3 Å². The molecule has 1 aromatic rings. The van der Waals surface area contributed by atoms with Crippen molar-refractivity contribution in [2.75, 3.05) is 33.4 Å². The first-order chi connectivity index (χ1) is 9.20. The molecule has 0 aliphatic carbocycles. The van der Waals surface area contributed by atoms with Crippen molar-refractivity contribution in [3.05, 3.63) is 23.8 Å². The molecule has 4 heteroatoms. The average Bonchev–Trinajstić information content (AvgIpc) is 2.44. The highest BCUT2D eigenvalue weighted by atomic mass is 16.6. The summed E-state index contributed by atoms with van der Waals surface area (Å²) in [6.45, 7) is 4.66. The summed E-state index contributed by atoms with van der Waals surface area (Å²) in [6.07, 6.45) is 2.26. The minimum atomic E-state index is 0.121. The molecule has 2 rings (SSSR count). The van der Waals surface area contributed by atoms with Crippen LogP contribution >= 0.6 is 0 Å². The van der Waals surface area contributed by atoms with Gasteiger partial charge in [0.15, 0.2) is 17.3 Å². The maximum Gasteiger partial charge on any atom is 0.176 e. The molecule has 0 aromatic heterocycles. The van der Waals surface area contributed by atoms with E-state index in [2.05, 4.69) is 11.8 Å². The van der Waals surface area contributed by atoms with E-state index in [-0.39, 0.29) is 5.78 Å². The lowest BCUT2D eigenvalue weighted by Crippen LogP contribution is -2.27. The highest BCUT2D eigenvalue weighted by Gasteiger charge is 2.15. The van der Waals surface area contributed by atoms with Gasteiger partial charge in [-0.05, 0) is 38.2 Å². The topological polar surface area (TPSA) is 38.8 Å². The number of likely N-dealkylation sites (N-methyl/N-ethyl adjacent to an activating group) is 1. The molecule has 19 heavy (non-hydrogen) atoms. The van der Waals surface area contributed by atoms with Crippen molar-refractivity contribution < 1.29 is 14.3 Å². The Bertz CT molecular complexity index is 445.